The number of hydrogen-bond acceptors (Lipinski definition) is 3. The van der Waals surface area contributed by atoms with Crippen LogP contribution in [-0.2, 0) is 0 Å². The second-order valence-electron chi connectivity index (χ2n) is 3.55. The molecule has 2 rings (SSSR count). The van der Waals surface area contributed by atoms with Crippen LogP contribution in [0.15, 0.2) is 24.5 Å². The summed E-state index contributed by atoms with van der Waals surface area (Å²) in [7, 11) is 0. The monoisotopic (exact) mass is 217 g/mol. The van der Waals surface area contributed by atoms with E-state index in [-0.39, 0.29) is 5.56 Å². The molecule has 2 heterocycles. The van der Waals surface area contributed by atoms with E-state index in [1.807, 2.05) is 19.9 Å². The Morgan fingerprint density at radius 1 is 1.38 bits per heavy atom. The summed E-state index contributed by atoms with van der Waals surface area (Å²) >= 11 is 0. The Bertz CT molecular complexity index is 546. The third-order valence-electron chi connectivity index (χ3n) is 2.22. The summed E-state index contributed by atoms with van der Waals surface area (Å²) in [5.74, 6) is -1.00. The highest BCUT2D eigenvalue weighted by Crippen LogP contribution is 2.14. The summed E-state index contributed by atoms with van der Waals surface area (Å²) in [6.45, 7) is 3.66. The first-order valence-corrected chi connectivity index (χ1v) is 4.80. The highest BCUT2D eigenvalue weighted by Gasteiger charge is 2.13. The highest BCUT2D eigenvalue weighted by atomic mass is 16.4. The van der Waals surface area contributed by atoms with Gasteiger partial charge in [-0.05, 0) is 26.0 Å². The molecular weight excluding hydrogens is 206 g/mol. The molecule has 0 aliphatic carbocycles. The first kappa shape index (κ1) is 10.4. The van der Waals surface area contributed by atoms with Gasteiger partial charge in [0.15, 0.2) is 0 Å². The van der Waals surface area contributed by atoms with Gasteiger partial charge in [0.05, 0.1) is 11.4 Å². The molecule has 5 nitrogen and oxygen atoms in total. The van der Waals surface area contributed by atoms with Gasteiger partial charge in [0.25, 0.3) is 0 Å². The fourth-order valence-corrected chi connectivity index (χ4v) is 1.45. The largest absolute Gasteiger partial charge is 0.478 e. The van der Waals surface area contributed by atoms with Gasteiger partial charge in [0.2, 0.25) is 0 Å². The summed E-state index contributed by atoms with van der Waals surface area (Å²) < 4.78 is 1.55. The smallest absolute Gasteiger partial charge is 0.339 e. The molecule has 1 N–H and O–H groups in total. The molecule has 5 heteroatoms. The normalized spacial score (nSPS) is 10.4. The number of aromatic nitrogens is 3. The molecule has 16 heavy (non-hydrogen) atoms. The van der Waals surface area contributed by atoms with Crippen LogP contribution in [0.5, 0.6) is 0 Å². The topological polar surface area (TPSA) is 68.0 Å². The van der Waals surface area contributed by atoms with Crippen LogP contribution in [0, 0.1) is 13.8 Å². The maximum atomic E-state index is 11.0. The van der Waals surface area contributed by atoms with E-state index < -0.39 is 5.97 Å². The molecule has 0 amide bonds. The highest BCUT2D eigenvalue weighted by molar-refractivity contribution is 5.91. The molecule has 0 aliphatic rings. The molecule has 82 valence electrons. The van der Waals surface area contributed by atoms with Gasteiger partial charge in [-0.1, -0.05) is 0 Å². The predicted molar refractivity (Wildman–Crippen MR) is 57.8 cm³/mol. The summed E-state index contributed by atoms with van der Waals surface area (Å²) in [5, 5.41) is 13.2. The van der Waals surface area contributed by atoms with Gasteiger partial charge >= 0.3 is 5.97 Å². The molecule has 0 bridgehead atoms. The fourth-order valence-electron chi connectivity index (χ4n) is 1.45. The van der Waals surface area contributed by atoms with E-state index in [0.29, 0.717) is 5.69 Å². The zero-order chi connectivity index (χ0) is 11.7. The first-order valence-electron chi connectivity index (χ1n) is 4.80. The molecule has 0 aliphatic heterocycles. The minimum absolute atomic E-state index is 0.147. The number of carboxylic acids is 1. The lowest BCUT2D eigenvalue weighted by atomic mass is 10.2. The van der Waals surface area contributed by atoms with Gasteiger partial charge in [-0.15, -0.1) is 0 Å². The molecule has 0 aromatic carbocycles. The summed E-state index contributed by atoms with van der Waals surface area (Å²) in [5.41, 5.74) is 2.28. The van der Waals surface area contributed by atoms with Crippen molar-refractivity contribution in [2.45, 2.75) is 13.8 Å². The van der Waals surface area contributed by atoms with Crippen LogP contribution in [0.3, 0.4) is 0 Å². The molecule has 0 spiro atoms. The summed E-state index contributed by atoms with van der Waals surface area (Å²) in [4.78, 5) is 15.0. The Morgan fingerprint density at radius 3 is 2.69 bits per heavy atom. The maximum Gasteiger partial charge on any atom is 0.339 e. The van der Waals surface area contributed by atoms with Crippen LogP contribution in [0.25, 0.3) is 5.69 Å². The van der Waals surface area contributed by atoms with E-state index in [4.69, 9.17) is 5.11 Å². The summed E-state index contributed by atoms with van der Waals surface area (Å²) in [6, 6.07) is 3.53. The van der Waals surface area contributed by atoms with Crippen molar-refractivity contribution in [1.29, 1.82) is 0 Å². The summed E-state index contributed by atoms with van der Waals surface area (Å²) in [6.07, 6.45) is 3.08. The minimum Gasteiger partial charge on any atom is -0.478 e. The number of pyridine rings is 1. The SMILES string of the molecule is Cc1cc(-n2ccc(C)n2)c(C(=O)O)cn1. The van der Waals surface area contributed by atoms with E-state index >= 15 is 0 Å². The van der Waals surface area contributed by atoms with Crippen molar-refractivity contribution < 1.29 is 9.90 Å². The zero-order valence-corrected chi connectivity index (χ0v) is 9.01. The standard InChI is InChI=1S/C11H11N3O2/c1-7-3-4-14(13-7)10-5-8(2)12-6-9(10)11(15)16/h3-6H,1-2H3,(H,15,16). The Kier molecular flexibility index (Phi) is 2.44. The van der Waals surface area contributed by atoms with E-state index in [1.54, 1.807) is 16.9 Å². The van der Waals surface area contributed by atoms with Gasteiger partial charge in [-0.2, -0.15) is 5.10 Å². The molecule has 0 saturated carbocycles. The van der Waals surface area contributed by atoms with Gasteiger partial charge < -0.3 is 5.11 Å². The third-order valence-corrected chi connectivity index (χ3v) is 2.22. The van der Waals surface area contributed by atoms with E-state index in [0.717, 1.165) is 11.4 Å². The number of carbonyl (C=O) groups is 1. The molecular formula is C11H11N3O2. The van der Waals surface area contributed by atoms with Crippen molar-refractivity contribution in [3.63, 3.8) is 0 Å². The molecule has 2 aromatic heterocycles. The third kappa shape index (κ3) is 1.79. The van der Waals surface area contributed by atoms with Crippen molar-refractivity contribution in [3.8, 4) is 5.69 Å². The lowest BCUT2D eigenvalue weighted by molar-refractivity contribution is 0.0696. The quantitative estimate of drug-likeness (QED) is 0.829. The number of carboxylic acid groups (broad SMARTS) is 1. The first-order chi connectivity index (χ1) is 7.58. The van der Waals surface area contributed by atoms with Crippen LogP contribution in [-0.4, -0.2) is 25.8 Å². The van der Waals surface area contributed by atoms with Crippen molar-refractivity contribution in [3.05, 3.63) is 41.5 Å². The molecule has 0 unspecified atom stereocenters. The number of hydrogen-bond donors (Lipinski definition) is 1. The van der Waals surface area contributed by atoms with Gasteiger partial charge in [-0.25, -0.2) is 9.48 Å². The van der Waals surface area contributed by atoms with E-state index in [1.165, 1.54) is 6.20 Å². The van der Waals surface area contributed by atoms with Crippen LogP contribution < -0.4 is 0 Å². The second kappa shape index (κ2) is 3.77. The van der Waals surface area contributed by atoms with Gasteiger partial charge in [0, 0.05) is 18.1 Å². The lowest BCUT2D eigenvalue weighted by Crippen LogP contribution is -2.07. The number of aromatic carboxylic acids is 1. The van der Waals surface area contributed by atoms with Crippen LogP contribution in [0.4, 0.5) is 0 Å². The number of nitrogens with zero attached hydrogens (tertiary/aromatic N) is 3. The van der Waals surface area contributed by atoms with Crippen molar-refractivity contribution in [2.75, 3.05) is 0 Å². The average Bonchev–Trinajstić information content (AvgIpc) is 2.64. The molecule has 0 atom stereocenters. The Hall–Kier alpha value is -2.17. The zero-order valence-electron chi connectivity index (χ0n) is 9.01. The van der Waals surface area contributed by atoms with Crippen LogP contribution in [0.1, 0.15) is 21.7 Å². The minimum atomic E-state index is -1.00. The Balaban J connectivity index is 2.62. The number of rotatable bonds is 2. The molecule has 0 radical (unpaired) electrons. The van der Waals surface area contributed by atoms with Gasteiger partial charge in [0.1, 0.15) is 5.56 Å². The van der Waals surface area contributed by atoms with Crippen LogP contribution >= 0.6 is 0 Å². The fraction of sp³-hybridized carbons (Fsp3) is 0.182. The van der Waals surface area contributed by atoms with E-state index in [9.17, 15) is 4.79 Å². The predicted octanol–water partition coefficient (Wildman–Crippen LogP) is 1.58. The van der Waals surface area contributed by atoms with Crippen molar-refractivity contribution in [2.24, 2.45) is 0 Å². The second-order valence-corrected chi connectivity index (χ2v) is 3.55. The Morgan fingerprint density at radius 2 is 2.12 bits per heavy atom. The lowest BCUT2D eigenvalue weighted by Gasteiger charge is -2.06. The van der Waals surface area contributed by atoms with E-state index in [2.05, 4.69) is 10.1 Å². The number of aryl methyl sites for hydroxylation is 2. The molecule has 0 fully saturated rings. The molecule has 0 saturated heterocycles. The molecule has 2 aromatic rings. The van der Waals surface area contributed by atoms with Crippen molar-refractivity contribution in [1.82, 2.24) is 14.8 Å². The van der Waals surface area contributed by atoms with Crippen molar-refractivity contribution >= 4 is 5.97 Å². The average molecular weight is 217 g/mol. The Labute approximate surface area is 92.4 Å². The van der Waals surface area contributed by atoms with Crippen LogP contribution in [0.2, 0.25) is 0 Å². The maximum absolute atomic E-state index is 11.0. The van der Waals surface area contributed by atoms with Gasteiger partial charge in [-0.3, -0.25) is 4.98 Å².